The van der Waals surface area contributed by atoms with Crippen molar-refractivity contribution in [3.05, 3.63) is 157 Å². The molecule has 1 heterocycles. The molecule has 1 heteroatoms. The molecule has 43 heavy (non-hydrogen) atoms. The summed E-state index contributed by atoms with van der Waals surface area (Å²) in [5.74, 6) is 0. The van der Waals surface area contributed by atoms with Gasteiger partial charge < -0.3 is 4.42 Å². The molecule has 200 valence electrons. The number of hydrogen-bond acceptors (Lipinski definition) is 1. The van der Waals surface area contributed by atoms with E-state index in [1.165, 1.54) is 0 Å². The monoisotopic (exact) mass is 558 g/mol. The highest BCUT2D eigenvalue weighted by atomic mass is 16.3. The second-order valence-corrected chi connectivity index (χ2v) is 10.3. The van der Waals surface area contributed by atoms with E-state index >= 15 is 0 Å². The van der Waals surface area contributed by atoms with Crippen LogP contribution in [0.2, 0.25) is 0 Å². The summed E-state index contributed by atoms with van der Waals surface area (Å²) in [6, 6.07) is 20.4. The van der Waals surface area contributed by atoms with Crippen molar-refractivity contribution in [1.29, 1.82) is 0 Å². The quantitative estimate of drug-likeness (QED) is 0.197. The Bertz CT molecular complexity index is 3100. The predicted molar refractivity (Wildman–Crippen MR) is 183 cm³/mol. The van der Waals surface area contributed by atoms with Gasteiger partial charge in [-0.1, -0.05) is 133 Å². The zero-order valence-corrected chi connectivity index (χ0v) is 22.5. The molecule has 0 aliphatic carbocycles. The molecule has 0 aliphatic rings. The maximum absolute atomic E-state index is 9.43. The molecule has 1 aromatic heterocycles. The average molecular weight is 559 g/mol. The van der Waals surface area contributed by atoms with Crippen LogP contribution in [0.3, 0.4) is 0 Å². The molecule has 8 aromatic carbocycles. The average Bonchev–Trinajstić information content (AvgIpc) is 3.56. The molecule has 0 aliphatic heterocycles. The molecule has 0 spiro atoms. The van der Waals surface area contributed by atoms with E-state index in [0.717, 1.165) is 10.8 Å². The summed E-state index contributed by atoms with van der Waals surface area (Å²) >= 11 is 0. The van der Waals surface area contributed by atoms with Gasteiger partial charge in [0.15, 0.2) is 0 Å². The minimum Gasteiger partial charge on any atom is -0.456 e. The lowest BCUT2D eigenvalue weighted by molar-refractivity contribution is 0.669. The van der Waals surface area contributed by atoms with Crippen LogP contribution < -0.4 is 0 Å². The van der Waals surface area contributed by atoms with E-state index in [1.54, 1.807) is 18.2 Å². The summed E-state index contributed by atoms with van der Waals surface area (Å²) < 4.78 is 111. The summed E-state index contributed by atoms with van der Waals surface area (Å²) in [5.41, 5.74) is 3.04. The standard InChI is InChI=1S/C42H26O/c1-2-13-28(14-3-1)36-26-40-37(31-16-10-11-21-39(31)43-40)25-38(36)42-34-19-8-6-17-32(34)41(33-18-7-9-20-35(33)42)30-23-22-27-12-4-5-15-29(27)24-30/h1-26H/i1D,2D,3D,4D,5D,12D,13D,14D,15D,22D,23D,24D. The van der Waals surface area contributed by atoms with Gasteiger partial charge >= 0.3 is 0 Å². The molecule has 9 rings (SSSR count). The molecule has 0 atom stereocenters. The Kier molecular flexibility index (Phi) is 3.29. The molecule has 0 unspecified atom stereocenters. The highest BCUT2D eigenvalue weighted by molar-refractivity contribution is 6.23. The first-order valence-corrected chi connectivity index (χ1v) is 13.8. The van der Waals surface area contributed by atoms with Crippen LogP contribution in [0.5, 0.6) is 0 Å². The third-order valence-corrected chi connectivity index (χ3v) is 7.99. The van der Waals surface area contributed by atoms with E-state index < -0.39 is 48.3 Å². The van der Waals surface area contributed by atoms with E-state index in [9.17, 15) is 2.74 Å². The fraction of sp³-hybridized carbons (Fsp3) is 0. The Morgan fingerprint density at radius 1 is 0.419 bits per heavy atom. The highest BCUT2D eigenvalue weighted by Crippen LogP contribution is 2.48. The molecule has 1 nitrogen and oxygen atoms in total. The maximum atomic E-state index is 9.43. The lowest BCUT2D eigenvalue weighted by Gasteiger charge is -2.20. The van der Waals surface area contributed by atoms with Crippen molar-refractivity contribution in [1.82, 2.24) is 0 Å². The summed E-state index contributed by atoms with van der Waals surface area (Å²) in [6.07, 6.45) is 0. The van der Waals surface area contributed by atoms with Gasteiger partial charge in [0.1, 0.15) is 11.2 Å². The number of fused-ring (bicyclic) bond motifs is 6. The lowest BCUT2D eigenvalue weighted by Crippen LogP contribution is -1.93. The van der Waals surface area contributed by atoms with E-state index in [1.807, 2.05) is 66.7 Å². The van der Waals surface area contributed by atoms with Crippen LogP contribution in [0.1, 0.15) is 16.4 Å². The number of rotatable bonds is 3. The van der Waals surface area contributed by atoms with Crippen molar-refractivity contribution in [3.8, 4) is 33.4 Å². The highest BCUT2D eigenvalue weighted by Gasteiger charge is 2.21. The van der Waals surface area contributed by atoms with Crippen LogP contribution in [0.15, 0.2) is 162 Å². The van der Waals surface area contributed by atoms with Gasteiger partial charge in [-0.25, -0.2) is 0 Å². The summed E-state index contributed by atoms with van der Waals surface area (Å²) in [6.45, 7) is 0. The lowest BCUT2D eigenvalue weighted by atomic mass is 9.83. The molecule has 9 aromatic rings. The minimum atomic E-state index is -0.546. The Morgan fingerprint density at radius 3 is 1.74 bits per heavy atom. The van der Waals surface area contributed by atoms with Gasteiger partial charge in [0.25, 0.3) is 0 Å². The van der Waals surface area contributed by atoms with Crippen LogP contribution in [0.4, 0.5) is 0 Å². The number of benzene rings is 8. The van der Waals surface area contributed by atoms with E-state index in [-0.39, 0.29) is 46.1 Å². The molecular weight excluding hydrogens is 520 g/mol. The minimum absolute atomic E-state index is 0.00926. The second-order valence-electron chi connectivity index (χ2n) is 10.3. The van der Waals surface area contributed by atoms with Gasteiger partial charge in [-0.05, 0) is 89.9 Å². The molecule has 0 N–H and O–H groups in total. The summed E-state index contributed by atoms with van der Waals surface area (Å²) in [7, 11) is 0. The van der Waals surface area contributed by atoms with Crippen molar-refractivity contribution >= 4 is 54.3 Å². The van der Waals surface area contributed by atoms with E-state index in [2.05, 4.69) is 0 Å². The number of hydrogen-bond donors (Lipinski definition) is 0. The molecule has 0 radical (unpaired) electrons. The summed E-state index contributed by atoms with van der Waals surface area (Å²) in [4.78, 5) is 0. The third-order valence-electron chi connectivity index (χ3n) is 7.99. The molecule has 0 saturated heterocycles. The van der Waals surface area contributed by atoms with Crippen molar-refractivity contribution in [3.63, 3.8) is 0 Å². The zero-order valence-electron chi connectivity index (χ0n) is 34.5. The first kappa shape index (κ1) is 15.0. The topological polar surface area (TPSA) is 13.1 Å². The number of furan rings is 1. The van der Waals surface area contributed by atoms with Crippen molar-refractivity contribution in [2.45, 2.75) is 0 Å². The van der Waals surface area contributed by atoms with Gasteiger partial charge in [0, 0.05) is 10.8 Å². The van der Waals surface area contributed by atoms with Crippen molar-refractivity contribution in [2.75, 3.05) is 0 Å². The van der Waals surface area contributed by atoms with Crippen molar-refractivity contribution in [2.24, 2.45) is 0 Å². The van der Waals surface area contributed by atoms with Gasteiger partial charge in [0.05, 0.1) is 16.4 Å². The molecular formula is C42H26O. The van der Waals surface area contributed by atoms with Crippen LogP contribution >= 0.6 is 0 Å². The molecule has 0 bridgehead atoms. The Hall–Kier alpha value is -5.66. The Morgan fingerprint density at radius 2 is 1.02 bits per heavy atom. The van der Waals surface area contributed by atoms with Crippen LogP contribution in [-0.2, 0) is 0 Å². The SMILES string of the molecule is [2H]c1c([2H])c([2H])c(-c2cc3oc4ccccc4c3cc2-c2c3ccccc3c(-c3c([2H])c([2H])c4c([2H])c([2H])c([2H])c([2H])c4c3[2H])c3ccccc23)c([2H])c1[2H]. The van der Waals surface area contributed by atoms with E-state index in [0.29, 0.717) is 55.0 Å². The van der Waals surface area contributed by atoms with Crippen LogP contribution in [-0.4, -0.2) is 0 Å². The maximum Gasteiger partial charge on any atom is 0.136 e. The van der Waals surface area contributed by atoms with Crippen LogP contribution in [0, 0.1) is 0 Å². The van der Waals surface area contributed by atoms with Gasteiger partial charge in [-0.2, -0.15) is 0 Å². The van der Waals surface area contributed by atoms with Gasteiger partial charge in [-0.15, -0.1) is 0 Å². The second kappa shape index (κ2) is 9.44. The molecule has 0 saturated carbocycles. The van der Waals surface area contributed by atoms with Gasteiger partial charge in [0.2, 0.25) is 0 Å². The largest absolute Gasteiger partial charge is 0.456 e. The van der Waals surface area contributed by atoms with Crippen LogP contribution in [0.25, 0.3) is 87.6 Å². The molecule has 0 fully saturated rings. The Labute approximate surface area is 266 Å². The molecule has 0 amide bonds. The third kappa shape index (κ3) is 3.72. The fourth-order valence-corrected chi connectivity index (χ4v) is 6.16. The first-order chi connectivity index (χ1) is 26.3. The van der Waals surface area contributed by atoms with E-state index in [4.69, 9.17) is 18.1 Å². The summed E-state index contributed by atoms with van der Waals surface area (Å²) in [5, 5.41) is 3.62. The normalized spacial score (nSPS) is 15.6. The smallest absolute Gasteiger partial charge is 0.136 e. The first-order valence-electron chi connectivity index (χ1n) is 19.8. The Balaban J connectivity index is 1.49. The van der Waals surface area contributed by atoms with Gasteiger partial charge in [-0.3, -0.25) is 0 Å². The predicted octanol–water partition coefficient (Wildman–Crippen LogP) is 12.0. The zero-order chi connectivity index (χ0) is 38.8. The fourth-order valence-electron chi connectivity index (χ4n) is 6.16. The van der Waals surface area contributed by atoms with Crippen molar-refractivity contribution < 1.29 is 20.9 Å². The number of para-hydroxylation sites is 1.